The molecule has 1 aromatic carbocycles. The van der Waals surface area contributed by atoms with Gasteiger partial charge in [0.1, 0.15) is 16.4 Å². The molecule has 1 saturated heterocycles. The normalized spacial score (nSPS) is 18.4. The number of fused-ring (bicyclic) bond motifs is 2. The van der Waals surface area contributed by atoms with Gasteiger partial charge in [-0.05, 0) is 25.0 Å². The van der Waals surface area contributed by atoms with Crippen molar-refractivity contribution in [2.24, 2.45) is 0 Å². The molecule has 3 heterocycles. The first kappa shape index (κ1) is 15.2. The molecule has 0 radical (unpaired) electrons. The van der Waals surface area contributed by atoms with E-state index in [9.17, 15) is 14.3 Å². The van der Waals surface area contributed by atoms with Crippen LogP contribution in [0.2, 0.25) is 0 Å². The van der Waals surface area contributed by atoms with Crippen LogP contribution in [-0.4, -0.2) is 35.9 Å². The van der Waals surface area contributed by atoms with Crippen molar-refractivity contribution in [2.75, 3.05) is 31.1 Å². The molecule has 2 aliphatic rings. The van der Waals surface area contributed by atoms with Gasteiger partial charge in [0.05, 0.1) is 16.6 Å². The van der Waals surface area contributed by atoms with E-state index in [1.54, 1.807) is 5.38 Å². The molecule has 5 nitrogen and oxygen atoms in total. The minimum atomic E-state index is -0.372. The van der Waals surface area contributed by atoms with E-state index >= 15 is 0 Å². The fourth-order valence-electron chi connectivity index (χ4n) is 3.75. The fourth-order valence-corrected chi connectivity index (χ4v) is 4.77. The predicted octanol–water partition coefficient (Wildman–Crippen LogP) is 2.81. The fraction of sp³-hybridized carbons (Fsp3) is 0.389. The number of rotatable bonds is 2. The van der Waals surface area contributed by atoms with E-state index in [0.717, 1.165) is 49.4 Å². The minimum Gasteiger partial charge on any atom is -0.506 e. The predicted molar refractivity (Wildman–Crippen MR) is 98.6 cm³/mol. The van der Waals surface area contributed by atoms with Crippen LogP contribution in [-0.2, 0) is 0 Å². The molecule has 0 bridgehead atoms. The Morgan fingerprint density at radius 2 is 2.00 bits per heavy atom. The Kier molecular flexibility index (Phi) is 3.30. The monoisotopic (exact) mass is 359 g/mol. The van der Waals surface area contributed by atoms with Gasteiger partial charge in [-0.25, -0.2) is 4.39 Å². The Balaban J connectivity index is 1.84. The van der Waals surface area contributed by atoms with E-state index in [2.05, 4.69) is 9.88 Å². The molecule has 0 amide bonds. The molecule has 2 fully saturated rings. The number of piperazine rings is 1. The van der Waals surface area contributed by atoms with Gasteiger partial charge in [0.2, 0.25) is 5.43 Å². The maximum absolute atomic E-state index is 14.8. The second-order valence-electron chi connectivity index (χ2n) is 6.79. The summed E-state index contributed by atoms with van der Waals surface area (Å²) in [5.41, 5.74) is 1.05. The Morgan fingerprint density at radius 1 is 1.24 bits per heavy atom. The van der Waals surface area contributed by atoms with Gasteiger partial charge in [-0.15, -0.1) is 11.3 Å². The van der Waals surface area contributed by atoms with Crippen LogP contribution in [0.1, 0.15) is 18.9 Å². The number of hydrogen-bond donors (Lipinski definition) is 2. The molecule has 2 N–H and O–H groups in total. The van der Waals surface area contributed by atoms with Gasteiger partial charge < -0.3 is 19.9 Å². The smallest absolute Gasteiger partial charge is 0.201 e. The van der Waals surface area contributed by atoms with Crippen LogP contribution in [0.3, 0.4) is 0 Å². The van der Waals surface area contributed by atoms with Gasteiger partial charge >= 0.3 is 0 Å². The highest BCUT2D eigenvalue weighted by molar-refractivity contribution is 7.17. The number of nitrogens with zero attached hydrogens (tertiary/aromatic N) is 2. The molecule has 0 atom stereocenters. The lowest BCUT2D eigenvalue weighted by Crippen LogP contribution is -2.43. The summed E-state index contributed by atoms with van der Waals surface area (Å²) in [4.78, 5) is 15.7. The second-order valence-corrected chi connectivity index (χ2v) is 7.65. The lowest BCUT2D eigenvalue weighted by Gasteiger charge is -2.30. The third kappa shape index (κ3) is 2.26. The zero-order valence-corrected chi connectivity index (χ0v) is 14.4. The summed E-state index contributed by atoms with van der Waals surface area (Å²) in [5.74, 6) is -0.379. The largest absolute Gasteiger partial charge is 0.506 e. The minimum absolute atomic E-state index is 0.00658. The number of pyridine rings is 1. The zero-order valence-electron chi connectivity index (χ0n) is 13.6. The first-order valence-corrected chi connectivity index (χ1v) is 9.46. The van der Waals surface area contributed by atoms with Gasteiger partial charge in [-0.3, -0.25) is 4.79 Å². The van der Waals surface area contributed by atoms with Gasteiger partial charge in [0.25, 0.3) is 0 Å². The van der Waals surface area contributed by atoms with E-state index in [4.69, 9.17) is 0 Å². The van der Waals surface area contributed by atoms with Crippen LogP contribution in [0.15, 0.2) is 22.3 Å². The first-order valence-electron chi connectivity index (χ1n) is 8.58. The molecule has 3 aromatic rings. The molecule has 7 heteroatoms. The lowest BCUT2D eigenvalue weighted by atomic mass is 10.1. The summed E-state index contributed by atoms with van der Waals surface area (Å²) in [5, 5.41) is 15.6. The molecule has 1 aliphatic heterocycles. The van der Waals surface area contributed by atoms with Crippen molar-refractivity contribution in [1.82, 2.24) is 9.88 Å². The summed E-state index contributed by atoms with van der Waals surface area (Å²) in [6.07, 6.45) is 2.10. The quantitative estimate of drug-likeness (QED) is 0.739. The van der Waals surface area contributed by atoms with E-state index < -0.39 is 0 Å². The number of thiophene rings is 1. The molecular formula is C18H18FN3O2S. The molecule has 1 aliphatic carbocycles. The summed E-state index contributed by atoms with van der Waals surface area (Å²) < 4.78 is 16.9. The molecule has 0 unspecified atom stereocenters. The van der Waals surface area contributed by atoms with Crippen molar-refractivity contribution >= 4 is 38.1 Å². The van der Waals surface area contributed by atoms with Gasteiger partial charge in [-0.2, -0.15) is 0 Å². The van der Waals surface area contributed by atoms with Gasteiger partial charge in [0.15, 0.2) is 0 Å². The third-order valence-electron chi connectivity index (χ3n) is 5.14. The van der Waals surface area contributed by atoms with E-state index in [1.165, 1.54) is 17.4 Å². The maximum Gasteiger partial charge on any atom is 0.201 e. The van der Waals surface area contributed by atoms with Crippen LogP contribution >= 0.6 is 11.3 Å². The average molecular weight is 359 g/mol. The summed E-state index contributed by atoms with van der Waals surface area (Å²) in [7, 11) is 0. The first-order chi connectivity index (χ1) is 12.1. The average Bonchev–Trinajstić information content (AvgIpc) is 3.38. The van der Waals surface area contributed by atoms with Crippen LogP contribution in [0.5, 0.6) is 5.75 Å². The van der Waals surface area contributed by atoms with Crippen molar-refractivity contribution < 1.29 is 9.50 Å². The number of nitrogens with one attached hydrogen (secondary N) is 1. The molecule has 130 valence electrons. The zero-order chi connectivity index (χ0) is 17.1. The van der Waals surface area contributed by atoms with Gasteiger partial charge in [-0.1, -0.05) is 0 Å². The van der Waals surface area contributed by atoms with Crippen LogP contribution in [0, 0.1) is 5.82 Å². The van der Waals surface area contributed by atoms with Crippen LogP contribution in [0.4, 0.5) is 10.1 Å². The van der Waals surface area contributed by atoms with E-state index in [1.807, 2.05) is 11.0 Å². The molecule has 2 aromatic heterocycles. The highest BCUT2D eigenvalue weighted by Crippen LogP contribution is 2.43. The maximum atomic E-state index is 14.8. The van der Waals surface area contributed by atoms with E-state index in [-0.39, 0.29) is 17.0 Å². The molecular weight excluding hydrogens is 341 g/mol. The van der Waals surface area contributed by atoms with E-state index in [0.29, 0.717) is 22.5 Å². The Labute approximate surface area is 147 Å². The Bertz CT molecular complexity index is 1050. The molecule has 25 heavy (non-hydrogen) atoms. The molecule has 0 spiro atoms. The number of halogens is 1. The number of aromatic hydroxyl groups is 1. The Morgan fingerprint density at radius 3 is 2.72 bits per heavy atom. The van der Waals surface area contributed by atoms with Crippen molar-refractivity contribution in [2.45, 2.75) is 18.9 Å². The van der Waals surface area contributed by atoms with Crippen molar-refractivity contribution in [3.63, 3.8) is 0 Å². The number of anilines is 1. The third-order valence-corrected chi connectivity index (χ3v) is 6.10. The van der Waals surface area contributed by atoms with Crippen LogP contribution < -0.4 is 15.6 Å². The van der Waals surface area contributed by atoms with Crippen molar-refractivity contribution in [1.29, 1.82) is 0 Å². The summed E-state index contributed by atoms with van der Waals surface area (Å²) >= 11 is 1.38. The highest BCUT2D eigenvalue weighted by atomic mass is 32.1. The summed E-state index contributed by atoms with van der Waals surface area (Å²) in [6, 6.07) is 3.50. The van der Waals surface area contributed by atoms with Crippen LogP contribution in [0.25, 0.3) is 21.1 Å². The SMILES string of the molecule is O=c1c2cc(F)c(N3CCNCC3)cc2n(C2CC2)c2scc(O)c12. The second kappa shape index (κ2) is 5.44. The number of benzene rings is 1. The number of aromatic nitrogens is 1. The van der Waals surface area contributed by atoms with Crippen molar-refractivity contribution in [3.05, 3.63) is 33.6 Å². The Hall–Kier alpha value is -2.12. The molecule has 1 saturated carbocycles. The standard InChI is InChI=1S/C18H18FN3O2S/c19-12-7-11-13(8-14(12)21-5-3-20-4-6-21)22(10-1-2-10)18-16(17(11)24)15(23)9-25-18/h7-10,20,23H,1-6H2. The molecule has 5 rings (SSSR count). The summed E-state index contributed by atoms with van der Waals surface area (Å²) in [6.45, 7) is 3.14. The van der Waals surface area contributed by atoms with Gasteiger partial charge in [0, 0.05) is 43.0 Å². The topological polar surface area (TPSA) is 57.5 Å². The van der Waals surface area contributed by atoms with Crippen molar-refractivity contribution in [3.8, 4) is 5.75 Å². The number of hydrogen-bond acceptors (Lipinski definition) is 5. The highest BCUT2D eigenvalue weighted by Gasteiger charge is 2.29. The lowest BCUT2D eigenvalue weighted by molar-refractivity contribution is 0.483.